The zero-order valence-electron chi connectivity index (χ0n) is 12.2. The fourth-order valence-corrected chi connectivity index (χ4v) is 3.61. The molecule has 0 bridgehead atoms. The van der Waals surface area contributed by atoms with Crippen LogP contribution in [0.15, 0.2) is 42.5 Å². The Morgan fingerprint density at radius 1 is 1.05 bits per heavy atom. The molecule has 0 aliphatic heterocycles. The molecule has 2 aliphatic carbocycles. The van der Waals surface area contributed by atoms with Gasteiger partial charge in [0.25, 0.3) is 0 Å². The molecule has 2 aromatic carbocycles. The molecule has 21 heavy (non-hydrogen) atoms. The molecule has 2 N–H and O–H groups in total. The summed E-state index contributed by atoms with van der Waals surface area (Å²) in [5, 5.41) is 0. The van der Waals surface area contributed by atoms with E-state index >= 15 is 0 Å². The van der Waals surface area contributed by atoms with Gasteiger partial charge in [0.2, 0.25) is 0 Å². The molecule has 0 radical (unpaired) electrons. The van der Waals surface area contributed by atoms with Crippen molar-refractivity contribution in [1.82, 2.24) is 0 Å². The van der Waals surface area contributed by atoms with Crippen LogP contribution in [0, 0.1) is 0 Å². The van der Waals surface area contributed by atoms with Crippen molar-refractivity contribution in [2.45, 2.75) is 37.6 Å². The Balaban J connectivity index is 1.46. The van der Waals surface area contributed by atoms with Crippen LogP contribution in [0.1, 0.15) is 47.1 Å². The number of ether oxygens (including phenoxy) is 1. The van der Waals surface area contributed by atoms with Crippen LogP contribution in [0.2, 0.25) is 0 Å². The van der Waals surface area contributed by atoms with E-state index in [1.54, 1.807) is 0 Å². The standard InChI is InChI=1S/C19H21NO/c20-19-7-3-5-13-8-9-16(11-18(13)19)21-12-15-10-14-4-1-2-6-17(14)15/h1-2,4,6,8-9,11,15,19H,3,5,7,10,12,20H2/t15?,19-/m0/s1. The van der Waals surface area contributed by atoms with Crippen molar-refractivity contribution < 1.29 is 4.74 Å². The lowest BCUT2D eigenvalue weighted by molar-refractivity contribution is 0.274. The second-order valence-electron chi connectivity index (χ2n) is 6.27. The molecule has 0 fully saturated rings. The minimum absolute atomic E-state index is 0.182. The number of rotatable bonds is 3. The molecule has 108 valence electrons. The lowest BCUT2D eigenvalue weighted by Crippen LogP contribution is -2.23. The van der Waals surface area contributed by atoms with E-state index in [-0.39, 0.29) is 6.04 Å². The average Bonchev–Trinajstić information content (AvgIpc) is 2.49. The predicted molar refractivity (Wildman–Crippen MR) is 84.7 cm³/mol. The zero-order chi connectivity index (χ0) is 14.2. The lowest BCUT2D eigenvalue weighted by atomic mass is 9.78. The molecule has 2 atom stereocenters. The Hall–Kier alpha value is -1.80. The highest BCUT2D eigenvalue weighted by Gasteiger charge is 2.26. The van der Waals surface area contributed by atoms with E-state index in [2.05, 4.69) is 42.5 Å². The smallest absolute Gasteiger partial charge is 0.119 e. The van der Waals surface area contributed by atoms with Crippen LogP contribution >= 0.6 is 0 Å². The molecule has 1 unspecified atom stereocenters. The van der Waals surface area contributed by atoms with Crippen molar-refractivity contribution in [3.8, 4) is 5.75 Å². The maximum Gasteiger partial charge on any atom is 0.119 e. The van der Waals surface area contributed by atoms with Gasteiger partial charge in [-0.25, -0.2) is 0 Å². The van der Waals surface area contributed by atoms with E-state index < -0.39 is 0 Å². The van der Waals surface area contributed by atoms with Gasteiger partial charge in [-0.3, -0.25) is 0 Å². The maximum absolute atomic E-state index is 6.22. The quantitative estimate of drug-likeness (QED) is 0.929. The van der Waals surface area contributed by atoms with E-state index in [1.807, 2.05) is 0 Å². The first-order valence-electron chi connectivity index (χ1n) is 7.90. The second-order valence-corrected chi connectivity index (χ2v) is 6.27. The van der Waals surface area contributed by atoms with E-state index in [4.69, 9.17) is 10.5 Å². The third-order valence-corrected chi connectivity index (χ3v) is 4.89. The van der Waals surface area contributed by atoms with Crippen molar-refractivity contribution >= 4 is 0 Å². The molecule has 2 aliphatic rings. The molecular formula is C19H21NO. The van der Waals surface area contributed by atoms with E-state index in [1.165, 1.54) is 28.7 Å². The summed E-state index contributed by atoms with van der Waals surface area (Å²) in [5.74, 6) is 1.52. The fraction of sp³-hybridized carbons (Fsp3) is 0.368. The minimum atomic E-state index is 0.182. The van der Waals surface area contributed by atoms with Crippen molar-refractivity contribution in [3.63, 3.8) is 0 Å². The van der Waals surface area contributed by atoms with Gasteiger partial charge in [0.1, 0.15) is 5.75 Å². The van der Waals surface area contributed by atoms with Crippen LogP contribution in [0.5, 0.6) is 5.75 Å². The van der Waals surface area contributed by atoms with Gasteiger partial charge >= 0.3 is 0 Å². The SMILES string of the molecule is N[C@H]1CCCc2ccc(OCC3Cc4ccccc43)cc21. The molecule has 0 spiro atoms. The largest absolute Gasteiger partial charge is 0.493 e. The molecule has 4 rings (SSSR count). The van der Waals surface area contributed by atoms with Crippen LogP contribution in [0.3, 0.4) is 0 Å². The number of benzene rings is 2. The van der Waals surface area contributed by atoms with Crippen molar-refractivity contribution in [2.75, 3.05) is 6.61 Å². The second kappa shape index (κ2) is 5.19. The molecule has 0 saturated heterocycles. The first kappa shape index (κ1) is 12.9. The fourth-order valence-electron chi connectivity index (χ4n) is 3.61. The van der Waals surface area contributed by atoms with Crippen LogP contribution in [0.4, 0.5) is 0 Å². The highest BCUT2D eigenvalue weighted by atomic mass is 16.5. The van der Waals surface area contributed by atoms with Gasteiger partial charge in [-0.05, 0) is 60.1 Å². The minimum Gasteiger partial charge on any atom is -0.493 e. The van der Waals surface area contributed by atoms with E-state index in [9.17, 15) is 0 Å². The summed E-state index contributed by atoms with van der Waals surface area (Å²) >= 11 is 0. The molecule has 0 aromatic heterocycles. The Kier molecular flexibility index (Phi) is 3.19. The van der Waals surface area contributed by atoms with Crippen LogP contribution < -0.4 is 10.5 Å². The van der Waals surface area contributed by atoms with Crippen LogP contribution in [-0.2, 0) is 12.8 Å². The monoisotopic (exact) mass is 279 g/mol. The highest BCUT2D eigenvalue weighted by molar-refractivity contribution is 5.41. The summed E-state index contributed by atoms with van der Waals surface area (Å²) in [4.78, 5) is 0. The van der Waals surface area contributed by atoms with Gasteiger partial charge < -0.3 is 10.5 Å². The third-order valence-electron chi connectivity index (χ3n) is 4.89. The Morgan fingerprint density at radius 2 is 1.95 bits per heavy atom. The predicted octanol–water partition coefficient (Wildman–Crippen LogP) is 3.74. The van der Waals surface area contributed by atoms with Gasteiger partial charge in [-0.2, -0.15) is 0 Å². The molecule has 0 amide bonds. The molecule has 0 heterocycles. The summed E-state index contributed by atoms with van der Waals surface area (Å²) in [7, 11) is 0. The Morgan fingerprint density at radius 3 is 2.86 bits per heavy atom. The summed E-state index contributed by atoms with van der Waals surface area (Å²) in [6.07, 6.45) is 4.58. The van der Waals surface area contributed by atoms with Gasteiger partial charge in [-0.15, -0.1) is 0 Å². The molecule has 2 aromatic rings. The Labute approximate surface area is 125 Å². The summed E-state index contributed by atoms with van der Waals surface area (Å²) < 4.78 is 6.03. The Bertz CT molecular complexity index is 664. The lowest BCUT2D eigenvalue weighted by Gasteiger charge is -2.30. The van der Waals surface area contributed by atoms with E-state index in [0.717, 1.165) is 31.6 Å². The summed E-state index contributed by atoms with van der Waals surface area (Å²) in [6, 6.07) is 15.3. The van der Waals surface area contributed by atoms with Gasteiger partial charge in [0.15, 0.2) is 0 Å². The number of fused-ring (bicyclic) bond motifs is 2. The topological polar surface area (TPSA) is 35.2 Å². The van der Waals surface area contributed by atoms with Crippen LogP contribution in [-0.4, -0.2) is 6.61 Å². The van der Waals surface area contributed by atoms with Gasteiger partial charge in [-0.1, -0.05) is 30.3 Å². The number of hydrogen-bond donors (Lipinski definition) is 1. The summed E-state index contributed by atoms with van der Waals surface area (Å²) in [5.41, 5.74) is 11.8. The molecule has 2 nitrogen and oxygen atoms in total. The average molecular weight is 279 g/mol. The number of hydrogen-bond acceptors (Lipinski definition) is 2. The normalized spacial score (nSPS) is 22.9. The maximum atomic E-state index is 6.22. The number of aryl methyl sites for hydroxylation is 1. The van der Waals surface area contributed by atoms with Crippen molar-refractivity contribution in [1.29, 1.82) is 0 Å². The molecule has 0 saturated carbocycles. The first-order valence-corrected chi connectivity index (χ1v) is 7.90. The number of nitrogens with two attached hydrogens (primary N) is 1. The molecular weight excluding hydrogens is 258 g/mol. The van der Waals surface area contributed by atoms with Gasteiger partial charge in [0, 0.05) is 12.0 Å². The van der Waals surface area contributed by atoms with Crippen molar-refractivity contribution in [2.24, 2.45) is 5.73 Å². The first-order chi connectivity index (χ1) is 10.3. The zero-order valence-corrected chi connectivity index (χ0v) is 12.2. The highest BCUT2D eigenvalue weighted by Crippen LogP contribution is 2.36. The third kappa shape index (κ3) is 2.34. The summed E-state index contributed by atoms with van der Waals surface area (Å²) in [6.45, 7) is 0.769. The van der Waals surface area contributed by atoms with Crippen LogP contribution in [0.25, 0.3) is 0 Å². The van der Waals surface area contributed by atoms with Gasteiger partial charge in [0.05, 0.1) is 6.61 Å². The molecule has 2 heteroatoms. The van der Waals surface area contributed by atoms with E-state index in [0.29, 0.717) is 5.92 Å². The van der Waals surface area contributed by atoms with Crippen molar-refractivity contribution in [3.05, 3.63) is 64.7 Å².